The molecule has 3 N–H and O–H groups in total. The fourth-order valence-electron chi connectivity index (χ4n) is 4.01. The van der Waals surface area contributed by atoms with Gasteiger partial charge in [-0.05, 0) is 12.8 Å². The van der Waals surface area contributed by atoms with E-state index in [9.17, 15) is 10.2 Å². The Kier molecular flexibility index (Phi) is 5.33. The molecule has 0 spiro atoms. The molecule has 1 saturated carbocycles. The molecule has 142 valence electrons. The Labute approximate surface area is 152 Å². The molecule has 0 amide bonds. The second-order valence-electron chi connectivity index (χ2n) is 7.35. The Morgan fingerprint density at radius 2 is 1.88 bits per heavy atom. The van der Waals surface area contributed by atoms with Gasteiger partial charge in [-0.2, -0.15) is 0 Å². The predicted molar refractivity (Wildman–Crippen MR) is 96.7 cm³/mol. The molecule has 26 heavy (non-hydrogen) atoms. The van der Waals surface area contributed by atoms with Gasteiger partial charge in [0.1, 0.15) is 18.7 Å². The highest BCUT2D eigenvalue weighted by molar-refractivity contribution is 5.82. The lowest BCUT2D eigenvalue weighted by Gasteiger charge is -2.21. The van der Waals surface area contributed by atoms with Crippen LogP contribution in [0.5, 0.6) is 0 Å². The van der Waals surface area contributed by atoms with E-state index in [-0.39, 0.29) is 12.8 Å². The summed E-state index contributed by atoms with van der Waals surface area (Å²) in [5.74, 6) is 0.761. The van der Waals surface area contributed by atoms with Crippen molar-refractivity contribution in [3.8, 4) is 0 Å². The summed E-state index contributed by atoms with van der Waals surface area (Å²) in [6, 6.07) is 0.418. The van der Waals surface area contributed by atoms with Crippen molar-refractivity contribution in [2.24, 2.45) is 0 Å². The third-order valence-corrected chi connectivity index (χ3v) is 5.50. The van der Waals surface area contributed by atoms with Crippen molar-refractivity contribution < 1.29 is 14.9 Å². The summed E-state index contributed by atoms with van der Waals surface area (Å²) in [6.07, 6.45) is 10.8. The summed E-state index contributed by atoms with van der Waals surface area (Å²) in [4.78, 5) is 13.3. The van der Waals surface area contributed by atoms with Crippen LogP contribution in [-0.2, 0) is 4.74 Å². The topological polar surface area (TPSA) is 105 Å². The summed E-state index contributed by atoms with van der Waals surface area (Å²) in [5, 5.41) is 22.8. The third kappa shape index (κ3) is 3.54. The molecule has 4 rings (SSSR count). The smallest absolute Gasteiger partial charge is 0.167 e. The normalized spacial score (nSPS) is 28.2. The number of anilines is 1. The first-order valence-electron chi connectivity index (χ1n) is 9.64. The Hall–Kier alpha value is -1.77. The van der Waals surface area contributed by atoms with E-state index in [1.165, 1.54) is 32.1 Å². The molecule has 0 aromatic carbocycles. The van der Waals surface area contributed by atoms with Crippen molar-refractivity contribution in [1.82, 2.24) is 19.5 Å². The minimum atomic E-state index is -0.684. The molecular weight excluding hydrogens is 334 g/mol. The van der Waals surface area contributed by atoms with Crippen LogP contribution in [0.2, 0.25) is 0 Å². The maximum Gasteiger partial charge on any atom is 0.167 e. The van der Waals surface area contributed by atoms with Crippen LogP contribution in [0.3, 0.4) is 0 Å². The van der Waals surface area contributed by atoms with Gasteiger partial charge in [0.15, 0.2) is 17.0 Å². The van der Waals surface area contributed by atoms with Gasteiger partial charge in [0.2, 0.25) is 0 Å². The Morgan fingerprint density at radius 1 is 1.12 bits per heavy atom. The molecule has 0 unspecified atom stereocenters. The van der Waals surface area contributed by atoms with Crippen LogP contribution >= 0.6 is 0 Å². The molecular formula is C18H27N5O3. The van der Waals surface area contributed by atoms with Crippen LogP contribution in [0.4, 0.5) is 5.82 Å². The van der Waals surface area contributed by atoms with Crippen molar-refractivity contribution in [1.29, 1.82) is 0 Å². The average molecular weight is 361 g/mol. The highest BCUT2D eigenvalue weighted by Gasteiger charge is 2.35. The van der Waals surface area contributed by atoms with Gasteiger partial charge in [-0.1, -0.05) is 32.1 Å². The van der Waals surface area contributed by atoms with Crippen molar-refractivity contribution in [2.75, 3.05) is 11.9 Å². The molecule has 8 nitrogen and oxygen atoms in total. The molecule has 8 heteroatoms. The summed E-state index contributed by atoms with van der Waals surface area (Å²) < 4.78 is 7.56. The zero-order valence-corrected chi connectivity index (χ0v) is 14.9. The minimum absolute atomic E-state index is 0.201. The molecule has 1 aliphatic heterocycles. The van der Waals surface area contributed by atoms with Gasteiger partial charge in [0, 0.05) is 12.5 Å². The van der Waals surface area contributed by atoms with Crippen molar-refractivity contribution in [3.05, 3.63) is 12.7 Å². The van der Waals surface area contributed by atoms with Gasteiger partial charge in [-0.25, -0.2) is 15.0 Å². The number of fused-ring (bicyclic) bond motifs is 1. The maximum absolute atomic E-state index is 9.99. The number of ether oxygens (including phenoxy) is 1. The lowest BCUT2D eigenvalue weighted by molar-refractivity contribution is -0.0432. The highest BCUT2D eigenvalue weighted by Crippen LogP contribution is 2.32. The number of aromatic nitrogens is 4. The predicted octanol–water partition coefficient (Wildman–Crippen LogP) is 1.99. The summed E-state index contributed by atoms with van der Waals surface area (Å²) in [5.41, 5.74) is 1.41. The largest absolute Gasteiger partial charge is 0.394 e. The minimum Gasteiger partial charge on any atom is -0.394 e. The molecule has 1 saturated heterocycles. The van der Waals surface area contributed by atoms with E-state index in [0.29, 0.717) is 18.1 Å². The van der Waals surface area contributed by atoms with Crippen LogP contribution < -0.4 is 5.32 Å². The van der Waals surface area contributed by atoms with E-state index < -0.39 is 12.2 Å². The molecule has 0 bridgehead atoms. The molecule has 2 aromatic heterocycles. The van der Waals surface area contributed by atoms with Gasteiger partial charge < -0.3 is 20.3 Å². The van der Waals surface area contributed by atoms with Crippen LogP contribution in [-0.4, -0.2) is 54.6 Å². The quantitative estimate of drug-likeness (QED) is 0.765. The third-order valence-electron chi connectivity index (χ3n) is 5.50. The van der Waals surface area contributed by atoms with E-state index in [4.69, 9.17) is 4.74 Å². The summed E-state index contributed by atoms with van der Waals surface area (Å²) in [6.45, 7) is -0.201. The van der Waals surface area contributed by atoms with Crippen molar-refractivity contribution in [3.63, 3.8) is 0 Å². The molecule has 2 fully saturated rings. The summed E-state index contributed by atoms with van der Waals surface area (Å²) in [7, 11) is 0. The van der Waals surface area contributed by atoms with Crippen LogP contribution in [0.25, 0.3) is 11.2 Å². The van der Waals surface area contributed by atoms with Gasteiger partial charge >= 0.3 is 0 Å². The first-order valence-corrected chi connectivity index (χ1v) is 9.64. The second kappa shape index (κ2) is 7.85. The first-order chi connectivity index (χ1) is 12.8. The van der Waals surface area contributed by atoms with E-state index in [1.54, 1.807) is 12.7 Å². The fourth-order valence-corrected chi connectivity index (χ4v) is 4.01. The Bertz CT molecular complexity index is 729. The number of aliphatic hydroxyl groups is 2. The lowest BCUT2D eigenvalue weighted by Crippen LogP contribution is -2.24. The maximum atomic E-state index is 9.99. The van der Waals surface area contributed by atoms with Crippen LogP contribution in [0, 0.1) is 0 Å². The number of aliphatic hydroxyl groups excluding tert-OH is 2. The number of hydrogen-bond donors (Lipinski definition) is 3. The Balaban J connectivity index is 1.55. The van der Waals surface area contributed by atoms with Crippen molar-refractivity contribution >= 4 is 17.0 Å². The average Bonchev–Trinajstić information content (AvgIpc) is 3.20. The molecule has 1 aliphatic carbocycles. The number of rotatable bonds is 4. The molecule has 2 aromatic rings. The summed E-state index contributed by atoms with van der Waals surface area (Å²) >= 11 is 0. The van der Waals surface area contributed by atoms with Gasteiger partial charge in [0.05, 0.1) is 19.0 Å². The standard InChI is InChI=1S/C18H27N5O3/c24-9-14-13(25)8-15(26-14)23-11-21-16-17(19-10-20-18(16)23)22-12-6-4-2-1-3-5-7-12/h10-15,24-25H,1-9H2,(H,19,20,22)/t13-,14+,15+/m0/s1. The SMILES string of the molecule is OC[C@H]1O[C@@H](n2cnc3c(NC4CCCCCCC4)ncnc32)C[C@@H]1O. The number of nitrogens with zero attached hydrogens (tertiary/aromatic N) is 4. The van der Waals surface area contributed by atoms with Crippen molar-refractivity contribution in [2.45, 2.75) is 75.8 Å². The highest BCUT2D eigenvalue weighted by atomic mass is 16.5. The molecule has 0 radical (unpaired) electrons. The van der Waals surface area contributed by atoms with E-state index >= 15 is 0 Å². The Morgan fingerprint density at radius 3 is 2.62 bits per heavy atom. The zero-order chi connectivity index (χ0) is 17.9. The van der Waals surface area contributed by atoms with Crippen LogP contribution in [0.15, 0.2) is 12.7 Å². The number of imidazole rings is 1. The lowest BCUT2D eigenvalue weighted by atomic mass is 9.97. The van der Waals surface area contributed by atoms with E-state index in [2.05, 4.69) is 20.3 Å². The monoisotopic (exact) mass is 361 g/mol. The number of hydrogen-bond acceptors (Lipinski definition) is 7. The van der Waals surface area contributed by atoms with E-state index in [1.807, 2.05) is 4.57 Å². The van der Waals surface area contributed by atoms with E-state index in [0.717, 1.165) is 24.2 Å². The van der Waals surface area contributed by atoms with Gasteiger partial charge in [-0.15, -0.1) is 0 Å². The fraction of sp³-hybridized carbons (Fsp3) is 0.722. The number of nitrogens with one attached hydrogen (secondary N) is 1. The molecule has 2 aliphatic rings. The van der Waals surface area contributed by atoms with Gasteiger partial charge in [0.25, 0.3) is 0 Å². The second-order valence-corrected chi connectivity index (χ2v) is 7.35. The van der Waals surface area contributed by atoms with Gasteiger partial charge in [-0.3, -0.25) is 4.57 Å². The van der Waals surface area contributed by atoms with Crippen LogP contribution in [0.1, 0.15) is 57.6 Å². The molecule has 3 atom stereocenters. The molecule has 3 heterocycles. The zero-order valence-electron chi connectivity index (χ0n) is 14.9. The first kappa shape index (κ1) is 17.6.